The highest BCUT2D eigenvalue weighted by Gasteiger charge is 2.47. The molecule has 3 aliphatic rings. The highest BCUT2D eigenvalue weighted by atomic mass is 16.2. The van der Waals surface area contributed by atoms with Crippen LogP contribution < -0.4 is 0 Å². The van der Waals surface area contributed by atoms with Crippen molar-refractivity contribution in [3.05, 3.63) is 0 Å². The van der Waals surface area contributed by atoms with E-state index in [-0.39, 0.29) is 5.41 Å². The average Bonchev–Trinajstić information content (AvgIpc) is 2.39. The van der Waals surface area contributed by atoms with Gasteiger partial charge in [-0.25, -0.2) is 0 Å². The fraction of sp³-hybridized carbons (Fsp3) is 0.933. The summed E-state index contributed by atoms with van der Waals surface area (Å²) in [7, 11) is 2.01. The monoisotopic (exact) mass is 237 g/mol. The minimum Gasteiger partial charge on any atom is -0.343 e. The van der Waals surface area contributed by atoms with Crippen LogP contribution in [0.2, 0.25) is 0 Å². The van der Waals surface area contributed by atoms with Gasteiger partial charge in [0.1, 0.15) is 0 Å². The van der Waals surface area contributed by atoms with Crippen LogP contribution in [-0.2, 0) is 4.79 Å². The molecule has 0 radical (unpaired) electrons. The lowest BCUT2D eigenvalue weighted by atomic mass is 9.60. The van der Waals surface area contributed by atoms with E-state index in [0.29, 0.717) is 11.9 Å². The molecule has 1 atom stereocenters. The van der Waals surface area contributed by atoms with Gasteiger partial charge in [0.25, 0.3) is 0 Å². The number of hydrogen-bond acceptors (Lipinski definition) is 1. The largest absolute Gasteiger partial charge is 0.343 e. The Morgan fingerprint density at radius 2 is 1.82 bits per heavy atom. The molecule has 2 nitrogen and oxygen atoms in total. The molecule has 0 N–H and O–H groups in total. The zero-order chi connectivity index (χ0) is 12.5. The van der Waals surface area contributed by atoms with Crippen LogP contribution in [-0.4, -0.2) is 23.9 Å². The van der Waals surface area contributed by atoms with E-state index in [1.165, 1.54) is 19.3 Å². The smallest absolute Gasteiger partial charge is 0.228 e. The molecule has 98 valence electrons. The van der Waals surface area contributed by atoms with Gasteiger partial charge in [-0.15, -0.1) is 0 Å². The van der Waals surface area contributed by atoms with Crippen LogP contribution in [0.15, 0.2) is 0 Å². The van der Waals surface area contributed by atoms with Crippen LogP contribution in [0.4, 0.5) is 0 Å². The van der Waals surface area contributed by atoms with Crippen molar-refractivity contribution in [1.29, 1.82) is 0 Å². The first kappa shape index (κ1) is 12.9. The van der Waals surface area contributed by atoms with Gasteiger partial charge < -0.3 is 4.90 Å². The summed E-state index contributed by atoms with van der Waals surface area (Å²) in [6.45, 7) is 4.38. The molecule has 2 heteroatoms. The van der Waals surface area contributed by atoms with Gasteiger partial charge in [0.05, 0.1) is 0 Å². The van der Waals surface area contributed by atoms with Crippen molar-refractivity contribution in [3.8, 4) is 0 Å². The van der Waals surface area contributed by atoms with E-state index in [9.17, 15) is 4.79 Å². The summed E-state index contributed by atoms with van der Waals surface area (Å²) in [5.41, 5.74) is 0.0332. The van der Waals surface area contributed by atoms with E-state index in [1.807, 2.05) is 11.9 Å². The molecule has 0 aromatic carbocycles. The maximum atomic E-state index is 12.7. The van der Waals surface area contributed by atoms with Crippen molar-refractivity contribution in [2.75, 3.05) is 7.05 Å². The third kappa shape index (κ3) is 2.36. The van der Waals surface area contributed by atoms with Crippen LogP contribution >= 0.6 is 0 Å². The summed E-state index contributed by atoms with van der Waals surface area (Å²) in [4.78, 5) is 14.8. The fourth-order valence-electron chi connectivity index (χ4n) is 3.76. The Bertz CT molecular complexity index is 265. The fourth-order valence-corrected chi connectivity index (χ4v) is 3.76. The van der Waals surface area contributed by atoms with Gasteiger partial charge in [0.2, 0.25) is 5.91 Å². The van der Waals surface area contributed by atoms with Crippen molar-refractivity contribution in [3.63, 3.8) is 0 Å². The van der Waals surface area contributed by atoms with Gasteiger partial charge >= 0.3 is 0 Å². The molecule has 0 spiro atoms. The van der Waals surface area contributed by atoms with E-state index < -0.39 is 0 Å². The lowest BCUT2D eigenvalue weighted by molar-refractivity contribution is -0.149. The SMILES string of the molecule is CCCC(C)N(C)C(=O)C12CCC(CC1)CC2. The molecule has 3 saturated carbocycles. The molecule has 3 fully saturated rings. The highest BCUT2D eigenvalue weighted by molar-refractivity contribution is 5.83. The second kappa shape index (κ2) is 4.99. The molecule has 3 aliphatic carbocycles. The van der Waals surface area contributed by atoms with E-state index in [2.05, 4.69) is 13.8 Å². The number of carbonyl (C=O) groups excluding carboxylic acids is 1. The van der Waals surface area contributed by atoms with E-state index in [4.69, 9.17) is 0 Å². The van der Waals surface area contributed by atoms with Gasteiger partial charge in [0.15, 0.2) is 0 Å². The third-order valence-corrected chi connectivity index (χ3v) is 5.24. The second-order valence-corrected chi connectivity index (χ2v) is 6.32. The first-order valence-electron chi connectivity index (χ1n) is 7.36. The molecule has 17 heavy (non-hydrogen) atoms. The van der Waals surface area contributed by atoms with Gasteiger partial charge in [0, 0.05) is 18.5 Å². The molecule has 0 aliphatic heterocycles. The zero-order valence-electron chi connectivity index (χ0n) is 11.7. The highest BCUT2D eigenvalue weighted by Crippen LogP contribution is 2.51. The Morgan fingerprint density at radius 3 is 2.29 bits per heavy atom. The van der Waals surface area contributed by atoms with Crippen LogP contribution in [0.1, 0.15) is 65.2 Å². The summed E-state index contributed by atoms with van der Waals surface area (Å²) in [6.07, 6.45) is 9.62. The summed E-state index contributed by atoms with van der Waals surface area (Å²) in [5.74, 6) is 1.37. The van der Waals surface area contributed by atoms with Crippen molar-refractivity contribution in [2.24, 2.45) is 11.3 Å². The minimum absolute atomic E-state index is 0.0332. The van der Waals surface area contributed by atoms with Crippen LogP contribution in [0.25, 0.3) is 0 Å². The number of rotatable bonds is 4. The molecule has 0 aromatic heterocycles. The Balaban J connectivity index is 2.03. The number of carbonyl (C=O) groups is 1. The molecule has 2 bridgehead atoms. The molecular weight excluding hydrogens is 210 g/mol. The lowest BCUT2D eigenvalue weighted by Gasteiger charge is -2.47. The number of amides is 1. The molecule has 1 amide bonds. The average molecular weight is 237 g/mol. The topological polar surface area (TPSA) is 20.3 Å². The molecule has 0 aromatic rings. The van der Waals surface area contributed by atoms with Crippen molar-refractivity contribution in [2.45, 2.75) is 71.3 Å². The Hall–Kier alpha value is -0.530. The van der Waals surface area contributed by atoms with Crippen molar-refractivity contribution >= 4 is 5.91 Å². The first-order valence-corrected chi connectivity index (χ1v) is 7.36. The van der Waals surface area contributed by atoms with Crippen molar-refractivity contribution < 1.29 is 4.79 Å². The predicted molar refractivity (Wildman–Crippen MR) is 70.8 cm³/mol. The standard InChI is InChI=1S/C15H27NO/c1-4-5-12(2)16(3)14(17)15-9-6-13(7-10-15)8-11-15/h12-13H,4-11H2,1-3H3. The number of nitrogens with zero attached hydrogens (tertiary/aromatic N) is 1. The van der Waals surface area contributed by atoms with Gasteiger partial charge in [-0.1, -0.05) is 13.3 Å². The van der Waals surface area contributed by atoms with Gasteiger partial charge in [-0.3, -0.25) is 4.79 Å². The molecular formula is C15H27NO. The molecule has 0 heterocycles. The van der Waals surface area contributed by atoms with E-state index >= 15 is 0 Å². The molecule has 0 saturated heterocycles. The van der Waals surface area contributed by atoms with Gasteiger partial charge in [-0.05, 0) is 57.8 Å². The quantitative estimate of drug-likeness (QED) is 0.731. The van der Waals surface area contributed by atoms with Crippen LogP contribution in [0.3, 0.4) is 0 Å². The Kier molecular flexibility index (Phi) is 3.79. The Morgan fingerprint density at radius 1 is 1.29 bits per heavy atom. The third-order valence-electron chi connectivity index (χ3n) is 5.24. The maximum absolute atomic E-state index is 12.7. The van der Waals surface area contributed by atoms with E-state index in [0.717, 1.165) is 38.0 Å². The maximum Gasteiger partial charge on any atom is 0.228 e. The minimum atomic E-state index is 0.0332. The first-order chi connectivity index (χ1) is 8.09. The molecule has 1 unspecified atom stereocenters. The summed E-state index contributed by atoms with van der Waals surface area (Å²) in [6, 6.07) is 0.404. The predicted octanol–water partition coefficient (Wildman–Crippen LogP) is 3.60. The summed E-state index contributed by atoms with van der Waals surface area (Å²) >= 11 is 0. The van der Waals surface area contributed by atoms with Crippen LogP contribution in [0.5, 0.6) is 0 Å². The van der Waals surface area contributed by atoms with E-state index in [1.54, 1.807) is 0 Å². The lowest BCUT2D eigenvalue weighted by Crippen LogP contribution is -2.49. The molecule has 3 rings (SSSR count). The van der Waals surface area contributed by atoms with Crippen LogP contribution in [0, 0.1) is 11.3 Å². The summed E-state index contributed by atoms with van der Waals surface area (Å²) < 4.78 is 0. The second-order valence-electron chi connectivity index (χ2n) is 6.32. The normalized spacial score (nSPS) is 33.5. The zero-order valence-corrected chi connectivity index (χ0v) is 11.7. The van der Waals surface area contributed by atoms with Crippen molar-refractivity contribution in [1.82, 2.24) is 4.90 Å². The number of hydrogen-bond donors (Lipinski definition) is 0. The summed E-state index contributed by atoms with van der Waals surface area (Å²) in [5, 5.41) is 0. The van der Waals surface area contributed by atoms with Gasteiger partial charge in [-0.2, -0.15) is 0 Å². The Labute approximate surface area is 106 Å². The number of fused-ring (bicyclic) bond motifs is 3.